The van der Waals surface area contributed by atoms with E-state index in [1.54, 1.807) is 0 Å². The maximum absolute atomic E-state index is 13.3. The Morgan fingerprint density at radius 2 is 1.47 bits per heavy atom. The molecule has 0 unspecified atom stereocenters. The molecule has 38 heavy (non-hydrogen) atoms. The molecule has 0 bridgehead atoms. The highest BCUT2D eigenvalue weighted by Crippen LogP contribution is 2.30. The van der Waals surface area contributed by atoms with Gasteiger partial charge in [0.2, 0.25) is 5.91 Å². The van der Waals surface area contributed by atoms with Gasteiger partial charge in [0.15, 0.2) is 0 Å². The second-order valence-electron chi connectivity index (χ2n) is 10.5. The van der Waals surface area contributed by atoms with E-state index in [4.69, 9.17) is 0 Å². The van der Waals surface area contributed by atoms with E-state index in [-0.39, 0.29) is 5.91 Å². The van der Waals surface area contributed by atoms with Gasteiger partial charge >= 0.3 is 0 Å². The number of amides is 1. The van der Waals surface area contributed by atoms with Gasteiger partial charge in [0.05, 0.1) is 6.42 Å². The van der Waals surface area contributed by atoms with Gasteiger partial charge in [-0.3, -0.25) is 9.69 Å². The van der Waals surface area contributed by atoms with E-state index in [0.29, 0.717) is 6.42 Å². The summed E-state index contributed by atoms with van der Waals surface area (Å²) < 4.78 is 2.47. The van der Waals surface area contributed by atoms with Crippen molar-refractivity contribution in [2.45, 2.75) is 39.7 Å². The summed E-state index contributed by atoms with van der Waals surface area (Å²) in [5, 5.41) is 2.58. The van der Waals surface area contributed by atoms with Gasteiger partial charge in [-0.2, -0.15) is 0 Å². The lowest BCUT2D eigenvalue weighted by molar-refractivity contribution is -0.132. The number of benzene rings is 3. The number of aromatic nitrogens is 1. The van der Waals surface area contributed by atoms with Gasteiger partial charge in [-0.1, -0.05) is 74.5 Å². The van der Waals surface area contributed by atoms with Crippen molar-refractivity contribution in [2.75, 3.05) is 52.4 Å². The number of fused-ring (bicyclic) bond motifs is 3. The van der Waals surface area contributed by atoms with E-state index in [2.05, 4.69) is 106 Å². The fourth-order valence-corrected chi connectivity index (χ4v) is 5.88. The van der Waals surface area contributed by atoms with Crippen molar-refractivity contribution in [3.63, 3.8) is 0 Å². The molecule has 4 aromatic rings. The summed E-state index contributed by atoms with van der Waals surface area (Å²) in [6.45, 7) is 13.4. The number of carbonyl (C=O) groups excluding carboxylic acids is 1. The Morgan fingerprint density at radius 1 is 0.763 bits per heavy atom. The third-order valence-electron chi connectivity index (χ3n) is 8.23. The quantitative estimate of drug-likeness (QED) is 0.269. The minimum atomic E-state index is 0.247. The van der Waals surface area contributed by atoms with Gasteiger partial charge in [0, 0.05) is 61.1 Å². The molecule has 1 fully saturated rings. The molecule has 5 nitrogen and oxygen atoms in total. The van der Waals surface area contributed by atoms with Crippen LogP contribution in [-0.4, -0.2) is 77.5 Å². The number of para-hydroxylation sites is 1. The number of carbonyl (C=O) groups is 1. The SMILES string of the molecule is CCN(CC)CCCn1c2ccccc2c2ccc(CC(=O)N3CCN(CCc4ccccc4)CC3)cc21. The molecule has 0 saturated carbocycles. The molecule has 3 aromatic carbocycles. The molecule has 1 aromatic heterocycles. The Balaban J connectivity index is 1.23. The van der Waals surface area contributed by atoms with Crippen molar-refractivity contribution in [1.82, 2.24) is 19.3 Å². The molecule has 200 valence electrons. The molecule has 5 heteroatoms. The van der Waals surface area contributed by atoms with E-state index < -0.39 is 0 Å². The van der Waals surface area contributed by atoms with E-state index in [9.17, 15) is 4.79 Å². The molecule has 1 amide bonds. The van der Waals surface area contributed by atoms with Crippen LogP contribution in [0, 0.1) is 0 Å². The number of aryl methyl sites for hydroxylation is 1. The zero-order valence-corrected chi connectivity index (χ0v) is 23.1. The van der Waals surface area contributed by atoms with Crippen molar-refractivity contribution < 1.29 is 4.79 Å². The lowest BCUT2D eigenvalue weighted by Crippen LogP contribution is -2.49. The van der Waals surface area contributed by atoms with Crippen LogP contribution in [0.2, 0.25) is 0 Å². The van der Waals surface area contributed by atoms with E-state index in [1.807, 2.05) is 0 Å². The molecule has 2 heterocycles. The predicted molar refractivity (Wildman–Crippen MR) is 159 cm³/mol. The van der Waals surface area contributed by atoms with Crippen molar-refractivity contribution >= 4 is 27.7 Å². The Labute approximate surface area is 227 Å². The highest BCUT2D eigenvalue weighted by molar-refractivity contribution is 6.08. The maximum Gasteiger partial charge on any atom is 0.227 e. The molecule has 0 N–H and O–H groups in total. The van der Waals surface area contributed by atoms with Gasteiger partial charge in [-0.25, -0.2) is 0 Å². The van der Waals surface area contributed by atoms with Crippen molar-refractivity contribution in [3.05, 3.63) is 83.9 Å². The standard InChI is InChI=1S/C33H42N4O/c1-3-34(4-2)18-10-19-37-31-14-9-8-13-29(31)30-16-15-28(25-32(30)37)26-33(38)36-23-21-35(22-24-36)20-17-27-11-6-5-7-12-27/h5-9,11-16,25H,3-4,10,17-24,26H2,1-2H3. The van der Waals surface area contributed by atoms with Gasteiger partial charge < -0.3 is 14.4 Å². The van der Waals surface area contributed by atoms with Crippen molar-refractivity contribution in [3.8, 4) is 0 Å². The zero-order valence-electron chi connectivity index (χ0n) is 23.1. The molecule has 0 radical (unpaired) electrons. The summed E-state index contributed by atoms with van der Waals surface area (Å²) >= 11 is 0. The van der Waals surface area contributed by atoms with E-state index in [0.717, 1.165) is 77.3 Å². The largest absolute Gasteiger partial charge is 0.340 e. The third kappa shape index (κ3) is 6.11. The fourth-order valence-electron chi connectivity index (χ4n) is 5.88. The first-order valence-corrected chi connectivity index (χ1v) is 14.4. The first-order valence-electron chi connectivity index (χ1n) is 14.4. The van der Waals surface area contributed by atoms with Crippen molar-refractivity contribution in [1.29, 1.82) is 0 Å². The van der Waals surface area contributed by atoms with Crippen LogP contribution in [0.25, 0.3) is 21.8 Å². The number of hydrogen-bond donors (Lipinski definition) is 0. The first-order chi connectivity index (χ1) is 18.7. The summed E-state index contributed by atoms with van der Waals surface area (Å²) in [7, 11) is 0. The topological polar surface area (TPSA) is 31.7 Å². The summed E-state index contributed by atoms with van der Waals surface area (Å²) in [4.78, 5) is 20.3. The first kappa shape index (κ1) is 26.5. The van der Waals surface area contributed by atoms with Crippen LogP contribution in [0.1, 0.15) is 31.4 Å². The van der Waals surface area contributed by atoms with E-state index in [1.165, 1.54) is 27.4 Å². The molecule has 5 rings (SSSR count). The van der Waals surface area contributed by atoms with Crippen LogP contribution in [0.5, 0.6) is 0 Å². The fraction of sp³-hybridized carbons (Fsp3) is 0.424. The van der Waals surface area contributed by atoms with Gasteiger partial charge in [0.1, 0.15) is 0 Å². The van der Waals surface area contributed by atoms with Gasteiger partial charge in [-0.15, -0.1) is 0 Å². The van der Waals surface area contributed by atoms with Gasteiger partial charge in [-0.05, 0) is 55.7 Å². The molecule has 1 aliphatic rings. The molecule has 1 aliphatic heterocycles. The summed E-state index contributed by atoms with van der Waals surface area (Å²) in [6.07, 6.45) is 2.66. The average molecular weight is 511 g/mol. The summed E-state index contributed by atoms with van der Waals surface area (Å²) in [5.41, 5.74) is 5.03. The monoisotopic (exact) mass is 510 g/mol. The van der Waals surface area contributed by atoms with E-state index >= 15 is 0 Å². The smallest absolute Gasteiger partial charge is 0.227 e. The predicted octanol–water partition coefficient (Wildman–Crippen LogP) is 5.46. The van der Waals surface area contributed by atoms with Crippen LogP contribution in [0.4, 0.5) is 0 Å². The minimum Gasteiger partial charge on any atom is -0.340 e. The summed E-state index contributed by atoms with van der Waals surface area (Å²) in [5.74, 6) is 0.247. The molecular weight excluding hydrogens is 468 g/mol. The number of nitrogens with zero attached hydrogens (tertiary/aromatic N) is 4. The lowest BCUT2D eigenvalue weighted by atomic mass is 10.1. The highest BCUT2D eigenvalue weighted by atomic mass is 16.2. The minimum absolute atomic E-state index is 0.247. The van der Waals surface area contributed by atoms with Crippen LogP contribution >= 0.6 is 0 Å². The van der Waals surface area contributed by atoms with Crippen LogP contribution < -0.4 is 0 Å². The number of hydrogen-bond acceptors (Lipinski definition) is 3. The van der Waals surface area contributed by atoms with Crippen LogP contribution in [0.15, 0.2) is 72.8 Å². The average Bonchev–Trinajstić information content (AvgIpc) is 3.28. The molecule has 0 atom stereocenters. The highest BCUT2D eigenvalue weighted by Gasteiger charge is 2.21. The molecule has 0 aliphatic carbocycles. The maximum atomic E-state index is 13.3. The lowest BCUT2D eigenvalue weighted by Gasteiger charge is -2.34. The Bertz CT molecular complexity index is 1330. The Kier molecular flexibility index (Phi) is 8.77. The Hall–Kier alpha value is -3.15. The third-order valence-corrected chi connectivity index (χ3v) is 8.23. The normalized spacial score (nSPS) is 14.7. The second-order valence-corrected chi connectivity index (χ2v) is 10.5. The molecule has 0 spiro atoms. The van der Waals surface area contributed by atoms with Crippen LogP contribution in [-0.2, 0) is 24.2 Å². The molecule has 1 saturated heterocycles. The molecular formula is C33H42N4O. The van der Waals surface area contributed by atoms with Crippen LogP contribution in [0.3, 0.4) is 0 Å². The van der Waals surface area contributed by atoms with Crippen molar-refractivity contribution in [2.24, 2.45) is 0 Å². The summed E-state index contributed by atoms with van der Waals surface area (Å²) in [6, 6.07) is 26.0. The number of piperazine rings is 1. The second kappa shape index (κ2) is 12.6. The van der Waals surface area contributed by atoms with Gasteiger partial charge in [0.25, 0.3) is 0 Å². The zero-order chi connectivity index (χ0) is 26.3. The number of rotatable bonds is 11. The Morgan fingerprint density at radius 3 is 2.24 bits per heavy atom.